The fourth-order valence-corrected chi connectivity index (χ4v) is 1.68. The fraction of sp³-hybridized carbons (Fsp3) is 0.471. The van der Waals surface area contributed by atoms with E-state index < -0.39 is 29.6 Å². The van der Waals surface area contributed by atoms with Crippen LogP contribution < -0.4 is 16.1 Å². The van der Waals surface area contributed by atoms with Crippen molar-refractivity contribution >= 4 is 17.9 Å². The molecule has 0 aliphatic heterocycles. The predicted molar refractivity (Wildman–Crippen MR) is 91.2 cm³/mol. The number of hydrogen-bond donors (Lipinski definition) is 3. The summed E-state index contributed by atoms with van der Waals surface area (Å²) in [7, 11) is 0. The largest absolute Gasteiger partial charge is 0.444 e. The third kappa shape index (κ3) is 9.31. The van der Waals surface area contributed by atoms with E-state index in [9.17, 15) is 14.4 Å². The van der Waals surface area contributed by atoms with E-state index in [2.05, 4.69) is 16.1 Å². The van der Waals surface area contributed by atoms with E-state index in [-0.39, 0.29) is 13.2 Å². The van der Waals surface area contributed by atoms with Gasteiger partial charge >= 0.3 is 6.09 Å². The molecule has 0 spiro atoms. The molecule has 0 unspecified atom stereocenters. The van der Waals surface area contributed by atoms with Crippen LogP contribution in [0, 0.1) is 0 Å². The zero-order chi connectivity index (χ0) is 18.9. The van der Waals surface area contributed by atoms with Crippen molar-refractivity contribution in [2.75, 3.05) is 6.54 Å². The Balaban J connectivity index is 2.23. The zero-order valence-electron chi connectivity index (χ0n) is 14.9. The van der Waals surface area contributed by atoms with Gasteiger partial charge < -0.3 is 15.4 Å². The summed E-state index contributed by atoms with van der Waals surface area (Å²) in [5.41, 5.74) is 2.48. The second kappa shape index (κ2) is 9.63. The molecule has 0 aliphatic carbocycles. The molecule has 3 N–H and O–H groups in total. The average molecular weight is 351 g/mol. The third-order valence-corrected chi connectivity index (χ3v) is 2.82. The van der Waals surface area contributed by atoms with Crippen LogP contribution in [0.1, 0.15) is 33.3 Å². The molecular formula is C17H25N3O5. The molecule has 0 fully saturated rings. The molecule has 1 atom stereocenters. The highest BCUT2D eigenvalue weighted by Gasteiger charge is 2.21. The maximum Gasteiger partial charge on any atom is 0.408 e. The van der Waals surface area contributed by atoms with Crippen molar-refractivity contribution in [2.45, 2.75) is 45.9 Å². The first-order chi connectivity index (χ1) is 11.7. The minimum Gasteiger partial charge on any atom is -0.444 e. The highest BCUT2D eigenvalue weighted by molar-refractivity contribution is 5.88. The van der Waals surface area contributed by atoms with Crippen LogP contribution in [0.4, 0.5) is 4.79 Å². The highest BCUT2D eigenvalue weighted by atomic mass is 16.6. The first-order valence-corrected chi connectivity index (χ1v) is 7.89. The first kappa shape index (κ1) is 20.4. The molecule has 0 saturated heterocycles. The molecule has 0 radical (unpaired) electrons. The Morgan fingerprint density at radius 1 is 1.12 bits per heavy atom. The Bertz CT molecular complexity index is 584. The summed E-state index contributed by atoms with van der Waals surface area (Å²) in [4.78, 5) is 40.1. The number of alkyl carbamates (subject to hydrolysis) is 1. The summed E-state index contributed by atoms with van der Waals surface area (Å²) in [6, 6.07) is 8.48. The summed E-state index contributed by atoms with van der Waals surface area (Å²) >= 11 is 0. The number of hydrogen-bond acceptors (Lipinski definition) is 5. The van der Waals surface area contributed by atoms with Crippen molar-refractivity contribution < 1.29 is 24.0 Å². The van der Waals surface area contributed by atoms with Crippen molar-refractivity contribution in [3.63, 3.8) is 0 Å². The van der Waals surface area contributed by atoms with Gasteiger partial charge in [0.05, 0.1) is 13.2 Å². The van der Waals surface area contributed by atoms with Crippen LogP contribution in [-0.2, 0) is 25.8 Å². The maximum atomic E-state index is 11.8. The van der Waals surface area contributed by atoms with Gasteiger partial charge in [-0.15, -0.1) is 0 Å². The van der Waals surface area contributed by atoms with Crippen LogP contribution in [0.3, 0.4) is 0 Å². The minimum absolute atomic E-state index is 0.219. The van der Waals surface area contributed by atoms with Gasteiger partial charge in [-0.2, -0.15) is 0 Å². The minimum atomic E-state index is -0.840. The smallest absolute Gasteiger partial charge is 0.408 e. The van der Waals surface area contributed by atoms with Crippen LogP contribution in [0.25, 0.3) is 0 Å². The fourth-order valence-electron chi connectivity index (χ4n) is 1.68. The molecule has 3 amide bonds. The summed E-state index contributed by atoms with van der Waals surface area (Å²) in [6.07, 6.45) is -0.703. The van der Waals surface area contributed by atoms with Crippen molar-refractivity contribution in [1.29, 1.82) is 0 Å². The van der Waals surface area contributed by atoms with E-state index in [1.807, 2.05) is 30.3 Å². The van der Waals surface area contributed by atoms with Gasteiger partial charge in [0.15, 0.2) is 0 Å². The Hall–Kier alpha value is -2.61. The van der Waals surface area contributed by atoms with E-state index in [4.69, 9.17) is 9.57 Å². The zero-order valence-corrected chi connectivity index (χ0v) is 14.9. The molecule has 8 nitrogen and oxygen atoms in total. The highest BCUT2D eigenvalue weighted by Crippen LogP contribution is 2.06. The molecule has 0 aliphatic rings. The van der Waals surface area contributed by atoms with E-state index in [1.165, 1.54) is 6.92 Å². The van der Waals surface area contributed by atoms with Crippen molar-refractivity contribution in [2.24, 2.45) is 0 Å². The Kier molecular flexibility index (Phi) is 7.87. The van der Waals surface area contributed by atoms with Gasteiger partial charge in [0.1, 0.15) is 11.6 Å². The van der Waals surface area contributed by atoms with Crippen LogP contribution in [-0.4, -0.2) is 36.1 Å². The molecule has 1 aromatic carbocycles. The lowest BCUT2D eigenvalue weighted by Gasteiger charge is -2.21. The second-order valence-electron chi connectivity index (χ2n) is 6.39. The Morgan fingerprint density at radius 3 is 2.36 bits per heavy atom. The molecule has 0 bridgehead atoms. The Morgan fingerprint density at radius 2 is 1.76 bits per heavy atom. The number of hydroxylamine groups is 1. The molecule has 1 aromatic rings. The predicted octanol–water partition coefficient (Wildman–Crippen LogP) is 1.26. The lowest BCUT2D eigenvalue weighted by Crippen LogP contribution is -2.48. The summed E-state index contributed by atoms with van der Waals surface area (Å²) in [5, 5.41) is 4.79. The van der Waals surface area contributed by atoms with Gasteiger partial charge in [-0.3, -0.25) is 14.4 Å². The lowest BCUT2D eigenvalue weighted by molar-refractivity contribution is -0.135. The maximum absolute atomic E-state index is 11.8. The normalized spacial score (nSPS) is 12.0. The third-order valence-electron chi connectivity index (χ3n) is 2.82. The number of rotatable bonds is 7. The lowest BCUT2D eigenvalue weighted by atomic mass is 10.2. The monoisotopic (exact) mass is 351 g/mol. The summed E-state index contributed by atoms with van der Waals surface area (Å²) in [6.45, 7) is 6.60. The molecule has 0 aromatic heterocycles. The van der Waals surface area contributed by atoms with E-state index in [1.54, 1.807) is 20.8 Å². The quantitative estimate of drug-likeness (QED) is 0.642. The summed E-state index contributed by atoms with van der Waals surface area (Å²) < 4.78 is 5.05. The van der Waals surface area contributed by atoms with Crippen LogP contribution in [0.5, 0.6) is 0 Å². The first-order valence-electron chi connectivity index (χ1n) is 7.89. The number of nitrogens with one attached hydrogen (secondary N) is 3. The van der Waals surface area contributed by atoms with Crippen LogP contribution in [0.2, 0.25) is 0 Å². The van der Waals surface area contributed by atoms with Crippen LogP contribution in [0.15, 0.2) is 30.3 Å². The number of carbonyl (C=O) groups is 3. The topological polar surface area (TPSA) is 106 Å². The second-order valence-corrected chi connectivity index (χ2v) is 6.39. The van der Waals surface area contributed by atoms with Crippen molar-refractivity contribution in [3.05, 3.63) is 35.9 Å². The van der Waals surface area contributed by atoms with Gasteiger partial charge in [0.2, 0.25) is 5.91 Å². The summed E-state index contributed by atoms with van der Waals surface area (Å²) in [5.74, 6) is -1.02. The number of benzene rings is 1. The molecule has 0 saturated carbocycles. The number of carbonyl (C=O) groups excluding carboxylic acids is 3. The molecule has 138 valence electrons. The van der Waals surface area contributed by atoms with E-state index in [0.29, 0.717) is 0 Å². The van der Waals surface area contributed by atoms with E-state index in [0.717, 1.165) is 5.56 Å². The molecule has 25 heavy (non-hydrogen) atoms. The molecule has 1 rings (SSSR count). The SMILES string of the molecule is C[C@H](NC(=O)OC(C)(C)C)C(=O)NCC(=O)NOCc1ccccc1. The van der Waals surface area contributed by atoms with Gasteiger partial charge in [0, 0.05) is 0 Å². The van der Waals surface area contributed by atoms with Gasteiger partial charge in [-0.1, -0.05) is 30.3 Å². The number of amides is 3. The Labute approximate surface area is 147 Å². The van der Waals surface area contributed by atoms with Gasteiger partial charge in [0.25, 0.3) is 5.91 Å². The average Bonchev–Trinajstić information content (AvgIpc) is 2.51. The van der Waals surface area contributed by atoms with Crippen molar-refractivity contribution in [3.8, 4) is 0 Å². The van der Waals surface area contributed by atoms with Crippen LogP contribution >= 0.6 is 0 Å². The van der Waals surface area contributed by atoms with Gasteiger partial charge in [-0.05, 0) is 33.3 Å². The standard InChI is InChI=1S/C17H25N3O5/c1-12(19-16(23)25-17(2,3)4)15(22)18-10-14(21)20-24-11-13-8-6-5-7-9-13/h5-9,12H,10-11H2,1-4H3,(H,18,22)(H,19,23)(H,20,21)/t12-/m0/s1. The van der Waals surface area contributed by atoms with Gasteiger partial charge in [-0.25, -0.2) is 10.3 Å². The molecule has 8 heteroatoms. The number of ether oxygens (including phenoxy) is 1. The van der Waals surface area contributed by atoms with E-state index >= 15 is 0 Å². The van der Waals surface area contributed by atoms with Crippen molar-refractivity contribution in [1.82, 2.24) is 16.1 Å². The molecular weight excluding hydrogens is 326 g/mol. The molecule has 0 heterocycles.